The lowest BCUT2D eigenvalue weighted by molar-refractivity contribution is 0.231. The van der Waals surface area contributed by atoms with Crippen LogP contribution in [0.4, 0.5) is 5.13 Å². The third-order valence-electron chi connectivity index (χ3n) is 4.14. The van der Waals surface area contributed by atoms with Gasteiger partial charge in [-0.1, -0.05) is 17.8 Å². The summed E-state index contributed by atoms with van der Waals surface area (Å²) in [6.45, 7) is 4.48. The predicted octanol–water partition coefficient (Wildman–Crippen LogP) is 2.57. The van der Waals surface area contributed by atoms with Crippen LogP contribution in [0.3, 0.4) is 0 Å². The molecule has 0 aromatic carbocycles. The smallest absolute Gasteiger partial charge is 0.185 e. The molecule has 1 saturated carbocycles. The van der Waals surface area contributed by atoms with Crippen molar-refractivity contribution in [3.63, 3.8) is 0 Å². The standard InChI is InChI=1S/C13H20N2OS/c1-9-12(8-16)17-13(14-9)15-6-10-3-2-4-11(5-10)7-15/h10-11,16H,2-8H2,1H3. The summed E-state index contributed by atoms with van der Waals surface area (Å²) in [7, 11) is 0. The van der Waals surface area contributed by atoms with Crippen LogP contribution in [-0.2, 0) is 6.61 Å². The second-order valence-corrected chi connectivity index (χ2v) is 6.53. The fraction of sp³-hybridized carbons (Fsp3) is 0.769. The van der Waals surface area contributed by atoms with Gasteiger partial charge in [-0.15, -0.1) is 0 Å². The Kier molecular flexibility index (Phi) is 3.09. The molecule has 2 heterocycles. The molecule has 1 aliphatic carbocycles. The number of piperidine rings is 1. The Morgan fingerprint density at radius 2 is 2.06 bits per heavy atom. The highest BCUT2D eigenvalue weighted by Crippen LogP contribution is 2.37. The number of hydrogen-bond acceptors (Lipinski definition) is 4. The fourth-order valence-corrected chi connectivity index (χ4v) is 4.22. The Bertz CT molecular complexity index is 392. The van der Waals surface area contributed by atoms with Crippen LogP contribution >= 0.6 is 11.3 Å². The Hall–Kier alpha value is -0.610. The minimum atomic E-state index is 0.129. The van der Waals surface area contributed by atoms with Gasteiger partial charge in [-0.25, -0.2) is 4.98 Å². The van der Waals surface area contributed by atoms with Gasteiger partial charge in [0.15, 0.2) is 5.13 Å². The van der Waals surface area contributed by atoms with Gasteiger partial charge in [0.2, 0.25) is 0 Å². The first-order chi connectivity index (χ1) is 8.26. The van der Waals surface area contributed by atoms with E-state index < -0.39 is 0 Å². The average Bonchev–Trinajstić information content (AvgIpc) is 2.70. The van der Waals surface area contributed by atoms with E-state index in [9.17, 15) is 5.11 Å². The molecule has 1 aliphatic heterocycles. The highest BCUT2D eigenvalue weighted by molar-refractivity contribution is 7.15. The van der Waals surface area contributed by atoms with Crippen molar-refractivity contribution in [1.82, 2.24) is 4.98 Å². The second-order valence-electron chi connectivity index (χ2n) is 5.47. The third kappa shape index (κ3) is 2.20. The van der Waals surface area contributed by atoms with Crippen molar-refractivity contribution in [3.8, 4) is 0 Å². The first-order valence-electron chi connectivity index (χ1n) is 6.58. The number of rotatable bonds is 2. The Balaban J connectivity index is 1.79. The summed E-state index contributed by atoms with van der Waals surface area (Å²) in [5.41, 5.74) is 1.00. The molecule has 3 rings (SSSR count). The topological polar surface area (TPSA) is 36.4 Å². The van der Waals surface area contributed by atoms with Crippen molar-refractivity contribution in [2.75, 3.05) is 18.0 Å². The average molecular weight is 252 g/mol. The molecule has 0 amide bonds. The van der Waals surface area contributed by atoms with Gasteiger partial charge < -0.3 is 10.0 Å². The molecule has 2 aliphatic rings. The van der Waals surface area contributed by atoms with Crippen molar-refractivity contribution in [2.45, 2.75) is 39.2 Å². The number of aliphatic hydroxyl groups is 1. The fourth-order valence-electron chi connectivity index (χ4n) is 3.28. The van der Waals surface area contributed by atoms with Crippen LogP contribution in [0, 0.1) is 18.8 Å². The molecule has 2 unspecified atom stereocenters. The van der Waals surface area contributed by atoms with Crippen LogP contribution < -0.4 is 4.90 Å². The predicted molar refractivity (Wildman–Crippen MR) is 70.4 cm³/mol. The van der Waals surface area contributed by atoms with E-state index in [2.05, 4.69) is 9.88 Å². The van der Waals surface area contributed by atoms with E-state index in [4.69, 9.17) is 0 Å². The summed E-state index contributed by atoms with van der Waals surface area (Å²) in [5.74, 6) is 1.76. The molecule has 1 N–H and O–H groups in total. The number of thiazole rings is 1. The first-order valence-corrected chi connectivity index (χ1v) is 7.40. The number of aryl methyl sites for hydroxylation is 1. The minimum Gasteiger partial charge on any atom is -0.391 e. The highest BCUT2D eigenvalue weighted by Gasteiger charge is 2.31. The van der Waals surface area contributed by atoms with Crippen LogP contribution in [-0.4, -0.2) is 23.2 Å². The van der Waals surface area contributed by atoms with E-state index in [1.807, 2.05) is 6.92 Å². The van der Waals surface area contributed by atoms with E-state index in [1.54, 1.807) is 11.3 Å². The maximum atomic E-state index is 9.24. The summed E-state index contributed by atoms with van der Waals surface area (Å²) in [6.07, 6.45) is 5.63. The van der Waals surface area contributed by atoms with Crippen LogP contribution in [0.1, 0.15) is 36.3 Å². The number of aliphatic hydroxyl groups excluding tert-OH is 1. The normalized spacial score (nSPS) is 28.5. The largest absolute Gasteiger partial charge is 0.391 e. The number of anilines is 1. The SMILES string of the molecule is Cc1nc(N2CC3CCCC(C3)C2)sc1CO. The number of fused-ring (bicyclic) bond motifs is 2. The van der Waals surface area contributed by atoms with Crippen molar-refractivity contribution >= 4 is 16.5 Å². The van der Waals surface area contributed by atoms with E-state index in [0.29, 0.717) is 0 Å². The number of hydrogen-bond donors (Lipinski definition) is 1. The lowest BCUT2D eigenvalue weighted by Gasteiger charge is -2.41. The zero-order valence-electron chi connectivity index (χ0n) is 10.4. The van der Waals surface area contributed by atoms with Crippen LogP contribution in [0.15, 0.2) is 0 Å². The van der Waals surface area contributed by atoms with E-state index in [0.717, 1.165) is 27.5 Å². The van der Waals surface area contributed by atoms with E-state index in [1.165, 1.54) is 38.8 Å². The summed E-state index contributed by atoms with van der Waals surface area (Å²) in [4.78, 5) is 8.09. The molecule has 3 nitrogen and oxygen atoms in total. The van der Waals surface area contributed by atoms with Gasteiger partial charge in [0.25, 0.3) is 0 Å². The quantitative estimate of drug-likeness (QED) is 0.879. The van der Waals surface area contributed by atoms with Gasteiger partial charge in [0.1, 0.15) is 0 Å². The highest BCUT2D eigenvalue weighted by atomic mass is 32.1. The Labute approximate surface area is 106 Å². The van der Waals surface area contributed by atoms with Crippen LogP contribution in [0.25, 0.3) is 0 Å². The molecule has 94 valence electrons. The van der Waals surface area contributed by atoms with Gasteiger partial charge >= 0.3 is 0 Å². The van der Waals surface area contributed by atoms with E-state index >= 15 is 0 Å². The van der Waals surface area contributed by atoms with Crippen molar-refractivity contribution in [3.05, 3.63) is 10.6 Å². The molecule has 17 heavy (non-hydrogen) atoms. The van der Waals surface area contributed by atoms with Crippen LogP contribution in [0.5, 0.6) is 0 Å². The lowest BCUT2D eigenvalue weighted by Crippen LogP contribution is -2.42. The van der Waals surface area contributed by atoms with Gasteiger partial charge in [0.05, 0.1) is 17.2 Å². The molecule has 4 heteroatoms. The maximum Gasteiger partial charge on any atom is 0.185 e. The third-order valence-corrected chi connectivity index (χ3v) is 5.35. The first kappa shape index (κ1) is 11.5. The molecular formula is C13H20N2OS. The zero-order chi connectivity index (χ0) is 11.8. The maximum absolute atomic E-state index is 9.24. The van der Waals surface area contributed by atoms with Gasteiger partial charge in [-0.05, 0) is 38.0 Å². The summed E-state index contributed by atoms with van der Waals surface area (Å²) < 4.78 is 0. The van der Waals surface area contributed by atoms with Crippen molar-refractivity contribution in [2.24, 2.45) is 11.8 Å². The zero-order valence-corrected chi connectivity index (χ0v) is 11.2. The molecular weight excluding hydrogens is 232 g/mol. The number of nitrogens with zero attached hydrogens (tertiary/aromatic N) is 2. The summed E-state index contributed by atoms with van der Waals surface area (Å²) in [6, 6.07) is 0. The Morgan fingerprint density at radius 3 is 2.65 bits per heavy atom. The molecule has 0 radical (unpaired) electrons. The minimum absolute atomic E-state index is 0.129. The Morgan fingerprint density at radius 1 is 1.35 bits per heavy atom. The van der Waals surface area contributed by atoms with Gasteiger partial charge in [-0.2, -0.15) is 0 Å². The molecule has 2 bridgehead atoms. The van der Waals surface area contributed by atoms with Crippen LogP contribution in [0.2, 0.25) is 0 Å². The molecule has 1 aromatic heterocycles. The van der Waals surface area contributed by atoms with Crippen molar-refractivity contribution < 1.29 is 5.11 Å². The molecule has 2 atom stereocenters. The molecule has 1 aromatic rings. The van der Waals surface area contributed by atoms with Crippen molar-refractivity contribution in [1.29, 1.82) is 0 Å². The summed E-state index contributed by atoms with van der Waals surface area (Å²) in [5, 5.41) is 10.4. The molecule has 2 fully saturated rings. The van der Waals surface area contributed by atoms with Gasteiger partial charge in [0, 0.05) is 13.1 Å². The van der Waals surface area contributed by atoms with E-state index in [-0.39, 0.29) is 6.61 Å². The molecule has 0 spiro atoms. The number of aromatic nitrogens is 1. The summed E-state index contributed by atoms with van der Waals surface area (Å²) >= 11 is 1.67. The lowest BCUT2D eigenvalue weighted by atomic mass is 9.78. The second kappa shape index (κ2) is 4.58. The molecule has 1 saturated heterocycles. The van der Waals surface area contributed by atoms with Gasteiger partial charge in [-0.3, -0.25) is 0 Å². The monoisotopic (exact) mass is 252 g/mol.